The Labute approximate surface area is 92.6 Å². The Hall–Kier alpha value is -1.05. The van der Waals surface area contributed by atoms with Crippen molar-refractivity contribution >= 4 is 11.6 Å². The molecule has 0 bridgehead atoms. The van der Waals surface area contributed by atoms with E-state index in [1.807, 2.05) is 0 Å². The van der Waals surface area contributed by atoms with E-state index in [2.05, 4.69) is 0 Å². The molecule has 1 aliphatic carbocycles. The molecule has 1 unspecified atom stereocenters. The zero-order chi connectivity index (χ0) is 13.4. The maximum Gasteiger partial charge on any atom is 0.456 e. The van der Waals surface area contributed by atoms with Crippen LogP contribution in [0.15, 0.2) is 0 Å². The van der Waals surface area contributed by atoms with Crippen LogP contribution in [0.2, 0.25) is 0 Å². The fraction of sp³-hybridized carbons (Fsp3) is 0.778. The second kappa shape index (κ2) is 4.32. The van der Waals surface area contributed by atoms with Gasteiger partial charge in [0.2, 0.25) is 0 Å². The van der Waals surface area contributed by atoms with Gasteiger partial charge < -0.3 is 5.11 Å². The summed E-state index contributed by atoms with van der Waals surface area (Å²) in [5.74, 6) is -9.89. The summed E-state index contributed by atoms with van der Waals surface area (Å²) in [6.07, 6.45) is -9.78. The second-order valence-corrected chi connectivity index (χ2v) is 3.83. The van der Waals surface area contributed by atoms with E-state index in [0.29, 0.717) is 0 Å². The first-order valence-corrected chi connectivity index (χ1v) is 4.77. The van der Waals surface area contributed by atoms with Crippen LogP contribution in [0.4, 0.5) is 22.0 Å². The number of hydrogen-bond donors (Lipinski definition) is 1. The Bertz CT molecular complexity index is 320. The number of carbonyl (C=O) groups excluding carboxylic acids is 2. The molecule has 1 rings (SSSR count). The largest absolute Gasteiger partial charge is 0.456 e. The Morgan fingerprint density at radius 3 is 1.82 bits per heavy atom. The lowest BCUT2D eigenvalue weighted by molar-refractivity contribution is -0.316. The van der Waals surface area contributed by atoms with E-state index in [9.17, 15) is 31.5 Å². The predicted octanol–water partition coefficient (Wildman–Crippen LogP) is 1.48. The van der Waals surface area contributed by atoms with Gasteiger partial charge in [-0.15, -0.1) is 0 Å². The fourth-order valence-electron chi connectivity index (χ4n) is 1.66. The Balaban J connectivity index is 2.99. The summed E-state index contributed by atoms with van der Waals surface area (Å²) < 4.78 is 61.4. The molecule has 0 amide bonds. The summed E-state index contributed by atoms with van der Waals surface area (Å²) in [6, 6.07) is 0. The van der Waals surface area contributed by atoms with Crippen LogP contribution in [-0.2, 0) is 9.59 Å². The Morgan fingerprint density at radius 2 is 1.47 bits per heavy atom. The van der Waals surface area contributed by atoms with Gasteiger partial charge in [0.25, 0.3) is 0 Å². The molecule has 98 valence electrons. The van der Waals surface area contributed by atoms with Crippen molar-refractivity contribution in [2.75, 3.05) is 0 Å². The molecule has 1 aliphatic rings. The third-order valence-electron chi connectivity index (χ3n) is 2.61. The summed E-state index contributed by atoms with van der Waals surface area (Å²) in [6.45, 7) is 0. The monoisotopic (exact) mass is 260 g/mol. The van der Waals surface area contributed by atoms with Crippen LogP contribution in [0, 0.1) is 5.92 Å². The smallest absolute Gasteiger partial charge is 0.385 e. The molecule has 1 fully saturated rings. The number of aliphatic hydroxyl groups excluding tert-OH is 1. The van der Waals surface area contributed by atoms with Crippen LogP contribution in [0.1, 0.15) is 19.3 Å². The highest BCUT2D eigenvalue weighted by Gasteiger charge is 2.65. The van der Waals surface area contributed by atoms with E-state index in [0.717, 1.165) is 0 Å². The molecule has 1 saturated carbocycles. The molecule has 17 heavy (non-hydrogen) atoms. The van der Waals surface area contributed by atoms with E-state index in [-0.39, 0.29) is 19.3 Å². The molecule has 0 aromatic rings. The molecule has 0 aromatic carbocycles. The van der Waals surface area contributed by atoms with Crippen molar-refractivity contribution in [3.05, 3.63) is 0 Å². The molecule has 0 saturated heterocycles. The molecule has 8 heteroatoms. The number of rotatable bonds is 2. The van der Waals surface area contributed by atoms with E-state index >= 15 is 0 Å². The molecular weight excluding hydrogens is 251 g/mol. The van der Waals surface area contributed by atoms with E-state index in [1.165, 1.54) is 0 Å². The minimum atomic E-state index is -6.00. The Morgan fingerprint density at radius 1 is 1.06 bits per heavy atom. The third kappa shape index (κ3) is 2.46. The summed E-state index contributed by atoms with van der Waals surface area (Å²) in [5, 5.41) is 8.97. The molecule has 3 nitrogen and oxygen atoms in total. The molecule has 0 aromatic heterocycles. The number of ketones is 2. The predicted molar refractivity (Wildman–Crippen MR) is 44.4 cm³/mol. The standard InChI is InChI=1S/C9H9F5O3/c10-8(11,9(12,13)14)7(17)6-4(15)2-1-3-5(6)16/h6-7,17H,1-3H2. The third-order valence-corrected chi connectivity index (χ3v) is 2.61. The van der Waals surface area contributed by atoms with Crippen LogP contribution in [0.25, 0.3) is 0 Å². The van der Waals surface area contributed by atoms with Crippen molar-refractivity contribution in [1.29, 1.82) is 0 Å². The van der Waals surface area contributed by atoms with Crippen molar-refractivity contribution in [1.82, 2.24) is 0 Å². The summed E-state index contributed by atoms with van der Waals surface area (Å²) in [4.78, 5) is 22.3. The van der Waals surface area contributed by atoms with Crippen LogP contribution in [0.5, 0.6) is 0 Å². The minimum Gasteiger partial charge on any atom is -0.385 e. The van der Waals surface area contributed by atoms with E-state index in [4.69, 9.17) is 5.11 Å². The lowest BCUT2D eigenvalue weighted by Crippen LogP contribution is -2.54. The average molecular weight is 260 g/mol. The normalized spacial score (nSPS) is 21.8. The van der Waals surface area contributed by atoms with Gasteiger partial charge in [-0.3, -0.25) is 9.59 Å². The lowest BCUT2D eigenvalue weighted by Gasteiger charge is -2.30. The van der Waals surface area contributed by atoms with Gasteiger partial charge in [0.05, 0.1) is 0 Å². The SMILES string of the molecule is O=C1CCCC(=O)C1C(O)C(F)(F)C(F)(F)F. The molecule has 1 N–H and O–H groups in total. The average Bonchev–Trinajstić information content (AvgIpc) is 2.15. The van der Waals surface area contributed by atoms with Crippen molar-refractivity contribution < 1.29 is 36.6 Å². The van der Waals surface area contributed by atoms with Crippen molar-refractivity contribution in [2.24, 2.45) is 5.92 Å². The summed E-state index contributed by atoms with van der Waals surface area (Å²) in [7, 11) is 0. The van der Waals surface area contributed by atoms with Crippen LogP contribution in [0.3, 0.4) is 0 Å². The molecule has 0 spiro atoms. The van der Waals surface area contributed by atoms with Crippen LogP contribution < -0.4 is 0 Å². The summed E-state index contributed by atoms with van der Waals surface area (Å²) >= 11 is 0. The summed E-state index contributed by atoms with van der Waals surface area (Å²) in [5.41, 5.74) is 0. The van der Waals surface area contributed by atoms with Crippen molar-refractivity contribution in [3.8, 4) is 0 Å². The van der Waals surface area contributed by atoms with Gasteiger partial charge in [-0.2, -0.15) is 22.0 Å². The van der Waals surface area contributed by atoms with Gasteiger partial charge >= 0.3 is 12.1 Å². The van der Waals surface area contributed by atoms with Gasteiger partial charge in [-0.1, -0.05) is 0 Å². The number of Topliss-reactive ketones (excluding diaryl/α,β-unsaturated/α-hetero) is 2. The van der Waals surface area contributed by atoms with E-state index in [1.54, 1.807) is 0 Å². The highest BCUT2D eigenvalue weighted by molar-refractivity contribution is 6.05. The molecule has 0 heterocycles. The molecule has 0 aliphatic heterocycles. The van der Waals surface area contributed by atoms with Gasteiger partial charge in [0.15, 0.2) is 0 Å². The molecular formula is C9H9F5O3. The number of aliphatic hydroxyl groups is 1. The number of alkyl halides is 5. The lowest BCUT2D eigenvalue weighted by atomic mass is 9.80. The first-order valence-electron chi connectivity index (χ1n) is 4.77. The zero-order valence-corrected chi connectivity index (χ0v) is 8.43. The highest BCUT2D eigenvalue weighted by Crippen LogP contribution is 2.41. The molecule has 1 atom stereocenters. The first-order chi connectivity index (χ1) is 7.59. The quantitative estimate of drug-likeness (QED) is 0.604. The van der Waals surface area contributed by atoms with Gasteiger partial charge in [0.1, 0.15) is 23.6 Å². The van der Waals surface area contributed by atoms with Gasteiger partial charge in [-0.25, -0.2) is 0 Å². The minimum absolute atomic E-state index is 0.110. The van der Waals surface area contributed by atoms with Crippen molar-refractivity contribution in [3.63, 3.8) is 0 Å². The Kier molecular flexibility index (Phi) is 3.56. The maximum absolute atomic E-state index is 12.8. The topological polar surface area (TPSA) is 54.4 Å². The highest BCUT2D eigenvalue weighted by atomic mass is 19.4. The maximum atomic E-state index is 12.8. The number of hydrogen-bond acceptors (Lipinski definition) is 3. The van der Waals surface area contributed by atoms with Crippen LogP contribution >= 0.6 is 0 Å². The molecule has 0 radical (unpaired) electrons. The fourth-order valence-corrected chi connectivity index (χ4v) is 1.66. The second-order valence-electron chi connectivity index (χ2n) is 3.83. The van der Waals surface area contributed by atoms with Gasteiger partial charge in [0, 0.05) is 12.8 Å². The first kappa shape index (κ1) is 14.0. The van der Waals surface area contributed by atoms with Crippen molar-refractivity contribution in [2.45, 2.75) is 37.5 Å². The zero-order valence-electron chi connectivity index (χ0n) is 8.43. The number of carbonyl (C=O) groups is 2. The van der Waals surface area contributed by atoms with Crippen LogP contribution in [-0.4, -0.2) is 34.9 Å². The number of halogens is 5. The van der Waals surface area contributed by atoms with Gasteiger partial charge in [-0.05, 0) is 6.42 Å². The van der Waals surface area contributed by atoms with E-state index < -0.39 is 35.7 Å².